The topological polar surface area (TPSA) is 93.4 Å². The fourth-order valence-electron chi connectivity index (χ4n) is 2.31. The Morgan fingerprint density at radius 3 is 2.42 bits per heavy atom. The zero-order valence-electron chi connectivity index (χ0n) is 13.8. The summed E-state index contributed by atoms with van der Waals surface area (Å²) < 4.78 is 5.10. The van der Waals surface area contributed by atoms with Crippen molar-refractivity contribution < 1.29 is 14.3 Å². The first-order valence-electron chi connectivity index (χ1n) is 7.58. The maximum absolute atomic E-state index is 11.9. The summed E-state index contributed by atoms with van der Waals surface area (Å²) in [5, 5.41) is 5.52. The Bertz CT molecular complexity index is 727. The molecular formula is C18H21N3O3. The molecular weight excluding hydrogens is 306 g/mol. The highest BCUT2D eigenvalue weighted by molar-refractivity contribution is 5.95. The van der Waals surface area contributed by atoms with Crippen molar-refractivity contribution in [2.75, 3.05) is 19.0 Å². The van der Waals surface area contributed by atoms with Crippen LogP contribution in [0.4, 0.5) is 10.5 Å². The summed E-state index contributed by atoms with van der Waals surface area (Å²) in [6.07, 6.45) is 0.719. The number of rotatable bonds is 6. The highest BCUT2D eigenvalue weighted by atomic mass is 16.5. The second-order valence-corrected chi connectivity index (χ2v) is 5.37. The number of aryl methyl sites for hydroxylation is 1. The lowest BCUT2D eigenvalue weighted by molar-refractivity contribution is 0.0999. The molecule has 126 valence electrons. The molecule has 6 heteroatoms. The molecule has 0 atom stereocenters. The highest BCUT2D eigenvalue weighted by Gasteiger charge is 2.07. The molecule has 0 aliphatic rings. The van der Waals surface area contributed by atoms with Gasteiger partial charge in [0.2, 0.25) is 5.91 Å². The predicted octanol–water partition coefficient (Wildman–Crippen LogP) is 2.47. The number of carbonyl (C=O) groups excluding carboxylic acids is 2. The van der Waals surface area contributed by atoms with Gasteiger partial charge in [-0.3, -0.25) is 4.79 Å². The summed E-state index contributed by atoms with van der Waals surface area (Å²) in [6.45, 7) is 2.28. The van der Waals surface area contributed by atoms with Crippen LogP contribution in [0.1, 0.15) is 21.5 Å². The average molecular weight is 327 g/mol. The van der Waals surface area contributed by atoms with E-state index in [0.717, 1.165) is 23.3 Å². The number of carbonyl (C=O) groups is 2. The molecule has 0 saturated carbocycles. The summed E-state index contributed by atoms with van der Waals surface area (Å²) in [6, 6.07) is 12.4. The normalized spacial score (nSPS) is 10.1. The first kappa shape index (κ1) is 17.3. The fourth-order valence-corrected chi connectivity index (χ4v) is 2.31. The number of methoxy groups -OCH3 is 1. The monoisotopic (exact) mass is 327 g/mol. The number of primary amides is 1. The molecule has 6 nitrogen and oxygen atoms in total. The van der Waals surface area contributed by atoms with Gasteiger partial charge in [-0.15, -0.1) is 0 Å². The standard InChI is InChI=1S/C18H21N3O3/c1-12-11-14(5-8-16(12)17(19)22)21-18(23)20-10-9-13-3-6-15(24-2)7-4-13/h3-8,11H,9-10H2,1-2H3,(H2,19,22)(H2,20,21,23). The first-order chi connectivity index (χ1) is 11.5. The van der Waals surface area contributed by atoms with Gasteiger partial charge in [-0.05, 0) is 54.8 Å². The van der Waals surface area contributed by atoms with E-state index in [2.05, 4.69) is 10.6 Å². The smallest absolute Gasteiger partial charge is 0.319 e. The van der Waals surface area contributed by atoms with Crippen molar-refractivity contribution in [2.45, 2.75) is 13.3 Å². The van der Waals surface area contributed by atoms with Crippen LogP contribution in [-0.2, 0) is 6.42 Å². The summed E-state index contributed by atoms with van der Waals surface area (Å²) >= 11 is 0. The third-order valence-corrected chi connectivity index (χ3v) is 3.61. The van der Waals surface area contributed by atoms with Gasteiger partial charge in [-0.25, -0.2) is 4.79 Å². The van der Waals surface area contributed by atoms with Crippen molar-refractivity contribution in [1.29, 1.82) is 0 Å². The molecule has 0 spiro atoms. The van der Waals surface area contributed by atoms with E-state index < -0.39 is 5.91 Å². The summed E-state index contributed by atoms with van der Waals surface area (Å²) in [7, 11) is 1.62. The van der Waals surface area contributed by atoms with Gasteiger partial charge < -0.3 is 21.1 Å². The summed E-state index contributed by atoms with van der Waals surface area (Å²) in [5.41, 5.74) is 8.14. The van der Waals surface area contributed by atoms with Crippen molar-refractivity contribution >= 4 is 17.6 Å². The number of hydrogen-bond acceptors (Lipinski definition) is 3. The molecule has 2 aromatic carbocycles. The molecule has 0 aliphatic carbocycles. The van der Waals surface area contributed by atoms with Crippen molar-refractivity contribution in [2.24, 2.45) is 5.73 Å². The number of urea groups is 1. The molecule has 2 aromatic rings. The minimum atomic E-state index is -0.483. The van der Waals surface area contributed by atoms with E-state index >= 15 is 0 Å². The fraction of sp³-hybridized carbons (Fsp3) is 0.222. The molecule has 3 amide bonds. The molecule has 0 heterocycles. The second-order valence-electron chi connectivity index (χ2n) is 5.37. The second kappa shape index (κ2) is 8.01. The number of nitrogens with two attached hydrogens (primary N) is 1. The number of nitrogens with one attached hydrogen (secondary N) is 2. The Hall–Kier alpha value is -3.02. The number of benzene rings is 2. The maximum atomic E-state index is 11.9. The van der Waals surface area contributed by atoms with Gasteiger partial charge in [-0.1, -0.05) is 12.1 Å². The van der Waals surface area contributed by atoms with Crippen LogP contribution in [0.2, 0.25) is 0 Å². The average Bonchev–Trinajstić information content (AvgIpc) is 2.55. The third-order valence-electron chi connectivity index (χ3n) is 3.61. The van der Waals surface area contributed by atoms with Crippen LogP contribution in [0.25, 0.3) is 0 Å². The Balaban J connectivity index is 1.82. The first-order valence-corrected chi connectivity index (χ1v) is 7.58. The van der Waals surface area contributed by atoms with Crippen LogP contribution in [0, 0.1) is 6.92 Å². The molecule has 2 rings (SSSR count). The predicted molar refractivity (Wildman–Crippen MR) is 93.4 cm³/mol. The number of ether oxygens (including phenoxy) is 1. The van der Waals surface area contributed by atoms with Gasteiger partial charge in [0.25, 0.3) is 0 Å². The van der Waals surface area contributed by atoms with Crippen LogP contribution in [-0.4, -0.2) is 25.6 Å². The van der Waals surface area contributed by atoms with Gasteiger partial charge in [0, 0.05) is 17.8 Å². The molecule has 24 heavy (non-hydrogen) atoms. The third kappa shape index (κ3) is 4.74. The Kier molecular flexibility index (Phi) is 5.78. The quantitative estimate of drug-likeness (QED) is 0.761. The minimum Gasteiger partial charge on any atom is -0.497 e. The number of amides is 3. The molecule has 0 fully saturated rings. The van der Waals surface area contributed by atoms with Crippen LogP contribution in [0.5, 0.6) is 5.75 Å². The van der Waals surface area contributed by atoms with Gasteiger partial charge in [-0.2, -0.15) is 0 Å². The van der Waals surface area contributed by atoms with E-state index in [4.69, 9.17) is 10.5 Å². The highest BCUT2D eigenvalue weighted by Crippen LogP contribution is 2.15. The maximum Gasteiger partial charge on any atom is 0.319 e. The van der Waals surface area contributed by atoms with E-state index in [-0.39, 0.29) is 6.03 Å². The van der Waals surface area contributed by atoms with Crippen molar-refractivity contribution in [3.8, 4) is 5.75 Å². The largest absolute Gasteiger partial charge is 0.497 e. The zero-order chi connectivity index (χ0) is 17.5. The Morgan fingerprint density at radius 2 is 1.83 bits per heavy atom. The Labute approximate surface area is 141 Å². The van der Waals surface area contributed by atoms with Crippen LogP contribution in [0.15, 0.2) is 42.5 Å². The number of hydrogen-bond donors (Lipinski definition) is 3. The van der Waals surface area contributed by atoms with E-state index in [1.165, 1.54) is 0 Å². The van der Waals surface area contributed by atoms with Crippen LogP contribution < -0.4 is 21.1 Å². The van der Waals surface area contributed by atoms with E-state index in [1.807, 2.05) is 24.3 Å². The zero-order valence-corrected chi connectivity index (χ0v) is 13.8. The van der Waals surface area contributed by atoms with Crippen LogP contribution in [0.3, 0.4) is 0 Å². The van der Waals surface area contributed by atoms with Crippen molar-refractivity contribution in [3.05, 3.63) is 59.2 Å². The lowest BCUT2D eigenvalue weighted by Gasteiger charge is -2.10. The van der Waals surface area contributed by atoms with Crippen molar-refractivity contribution in [1.82, 2.24) is 5.32 Å². The van der Waals surface area contributed by atoms with Gasteiger partial charge >= 0.3 is 6.03 Å². The number of anilines is 1. The Morgan fingerprint density at radius 1 is 1.12 bits per heavy atom. The molecule has 0 unspecified atom stereocenters. The summed E-state index contributed by atoms with van der Waals surface area (Å²) in [4.78, 5) is 23.1. The van der Waals surface area contributed by atoms with Crippen molar-refractivity contribution in [3.63, 3.8) is 0 Å². The molecule has 0 aromatic heterocycles. The van der Waals surface area contributed by atoms with Gasteiger partial charge in [0.15, 0.2) is 0 Å². The van der Waals surface area contributed by atoms with E-state index in [0.29, 0.717) is 17.8 Å². The molecule has 0 saturated heterocycles. The van der Waals surface area contributed by atoms with Gasteiger partial charge in [0.1, 0.15) is 5.75 Å². The molecule has 0 aliphatic heterocycles. The molecule has 0 radical (unpaired) electrons. The van der Waals surface area contributed by atoms with E-state index in [9.17, 15) is 9.59 Å². The SMILES string of the molecule is COc1ccc(CCNC(=O)Nc2ccc(C(N)=O)c(C)c2)cc1. The summed E-state index contributed by atoms with van der Waals surface area (Å²) in [5.74, 6) is 0.322. The lowest BCUT2D eigenvalue weighted by atomic mass is 10.1. The van der Waals surface area contributed by atoms with E-state index in [1.54, 1.807) is 32.2 Å². The molecule has 0 bridgehead atoms. The minimum absolute atomic E-state index is 0.297. The molecule has 4 N–H and O–H groups in total. The lowest BCUT2D eigenvalue weighted by Crippen LogP contribution is -2.30. The van der Waals surface area contributed by atoms with Crippen LogP contribution >= 0.6 is 0 Å². The van der Waals surface area contributed by atoms with Gasteiger partial charge in [0.05, 0.1) is 7.11 Å².